The minimum absolute atomic E-state index is 0.522. The van der Waals surface area contributed by atoms with Crippen LogP contribution in [0.3, 0.4) is 0 Å². The van der Waals surface area contributed by atoms with Gasteiger partial charge in [0.15, 0.2) is 0 Å². The minimum atomic E-state index is -1.06. The lowest BCUT2D eigenvalue weighted by atomic mass is 9.91. The fourth-order valence-electron chi connectivity index (χ4n) is 2.05. The van der Waals surface area contributed by atoms with E-state index in [1.807, 2.05) is 25.2 Å². The summed E-state index contributed by atoms with van der Waals surface area (Å²) < 4.78 is 5.73. The van der Waals surface area contributed by atoms with E-state index in [-0.39, 0.29) is 0 Å². The molecule has 0 unspecified atom stereocenters. The second-order valence-electron chi connectivity index (χ2n) is 4.52. The highest BCUT2D eigenvalue weighted by atomic mass is 16.5. The molecule has 4 heteroatoms. The van der Waals surface area contributed by atoms with Crippen LogP contribution in [0.1, 0.15) is 12.8 Å². The largest absolute Gasteiger partial charge is 0.478 e. The smallest absolute Gasteiger partial charge is 0.348 e. The van der Waals surface area contributed by atoms with Gasteiger partial charge in [-0.25, -0.2) is 4.79 Å². The maximum absolute atomic E-state index is 11.4. The molecule has 1 aromatic rings. The molecule has 0 aliphatic carbocycles. The van der Waals surface area contributed by atoms with Gasteiger partial charge in [-0.3, -0.25) is 0 Å². The summed E-state index contributed by atoms with van der Waals surface area (Å²) in [5, 5.41) is 9.39. The van der Waals surface area contributed by atoms with E-state index in [2.05, 4.69) is 4.90 Å². The Morgan fingerprint density at radius 2 is 1.88 bits per heavy atom. The maximum Gasteiger partial charge on any atom is 0.348 e. The van der Waals surface area contributed by atoms with Crippen molar-refractivity contribution in [2.45, 2.75) is 18.4 Å². The topological polar surface area (TPSA) is 49.8 Å². The molecule has 92 valence electrons. The molecule has 2 rings (SSSR count). The number of carbonyl (C=O) groups is 1. The van der Waals surface area contributed by atoms with Crippen molar-refractivity contribution in [3.8, 4) is 5.75 Å². The van der Waals surface area contributed by atoms with E-state index in [4.69, 9.17) is 4.74 Å². The summed E-state index contributed by atoms with van der Waals surface area (Å²) >= 11 is 0. The third-order valence-electron chi connectivity index (χ3n) is 3.24. The highest BCUT2D eigenvalue weighted by Crippen LogP contribution is 2.28. The van der Waals surface area contributed by atoms with Crippen molar-refractivity contribution in [1.82, 2.24) is 4.90 Å². The molecule has 0 bridgehead atoms. The molecule has 1 aliphatic rings. The molecular formula is C13H17NO3. The van der Waals surface area contributed by atoms with E-state index in [0.29, 0.717) is 18.6 Å². The number of ether oxygens (including phenoxy) is 1. The first kappa shape index (κ1) is 11.9. The second kappa shape index (κ2) is 4.75. The van der Waals surface area contributed by atoms with Gasteiger partial charge in [0.1, 0.15) is 5.75 Å². The third kappa shape index (κ3) is 2.58. The van der Waals surface area contributed by atoms with Crippen LogP contribution in [-0.4, -0.2) is 41.7 Å². The fraction of sp³-hybridized carbons (Fsp3) is 0.462. The fourth-order valence-corrected chi connectivity index (χ4v) is 2.05. The van der Waals surface area contributed by atoms with Gasteiger partial charge in [0.05, 0.1) is 0 Å². The van der Waals surface area contributed by atoms with Crippen molar-refractivity contribution < 1.29 is 14.6 Å². The van der Waals surface area contributed by atoms with Gasteiger partial charge in [0.2, 0.25) is 5.60 Å². The molecule has 0 atom stereocenters. The highest BCUT2D eigenvalue weighted by Gasteiger charge is 2.43. The second-order valence-corrected chi connectivity index (χ2v) is 4.52. The molecule has 1 heterocycles. The zero-order valence-electron chi connectivity index (χ0n) is 9.93. The number of carboxylic acids is 1. The first-order valence-electron chi connectivity index (χ1n) is 5.78. The summed E-state index contributed by atoms with van der Waals surface area (Å²) in [7, 11) is 1.99. The van der Waals surface area contributed by atoms with E-state index in [1.165, 1.54) is 0 Å². The van der Waals surface area contributed by atoms with Gasteiger partial charge in [0, 0.05) is 25.9 Å². The van der Waals surface area contributed by atoms with Crippen LogP contribution in [0.25, 0.3) is 0 Å². The predicted octanol–water partition coefficient (Wildman–Crippen LogP) is 1.61. The zero-order valence-corrected chi connectivity index (χ0v) is 9.93. The summed E-state index contributed by atoms with van der Waals surface area (Å²) in [6, 6.07) is 9.17. The van der Waals surface area contributed by atoms with E-state index >= 15 is 0 Å². The number of para-hydroxylation sites is 1. The van der Waals surface area contributed by atoms with Crippen molar-refractivity contribution in [3.05, 3.63) is 30.3 Å². The predicted molar refractivity (Wildman–Crippen MR) is 64.2 cm³/mol. The van der Waals surface area contributed by atoms with E-state index in [0.717, 1.165) is 13.1 Å². The van der Waals surface area contributed by atoms with Gasteiger partial charge in [-0.1, -0.05) is 18.2 Å². The molecule has 0 radical (unpaired) electrons. The Labute approximate surface area is 101 Å². The molecule has 4 nitrogen and oxygen atoms in total. The average Bonchev–Trinajstić information content (AvgIpc) is 2.33. The van der Waals surface area contributed by atoms with Gasteiger partial charge in [-0.2, -0.15) is 0 Å². The number of rotatable bonds is 3. The summed E-state index contributed by atoms with van der Waals surface area (Å²) in [6.45, 7) is 1.50. The molecule has 1 fully saturated rings. The molecule has 0 saturated carbocycles. The van der Waals surface area contributed by atoms with Crippen molar-refractivity contribution in [2.24, 2.45) is 0 Å². The van der Waals surface area contributed by atoms with Gasteiger partial charge in [-0.05, 0) is 19.2 Å². The van der Waals surface area contributed by atoms with E-state index in [9.17, 15) is 9.90 Å². The van der Waals surface area contributed by atoms with Crippen molar-refractivity contribution >= 4 is 5.97 Å². The Hall–Kier alpha value is -1.55. The number of benzene rings is 1. The summed E-state index contributed by atoms with van der Waals surface area (Å²) in [6.07, 6.45) is 1.04. The van der Waals surface area contributed by atoms with Crippen LogP contribution in [0.2, 0.25) is 0 Å². The molecule has 1 aliphatic heterocycles. The van der Waals surface area contributed by atoms with Gasteiger partial charge >= 0.3 is 5.97 Å². The number of piperidine rings is 1. The molecule has 17 heavy (non-hydrogen) atoms. The van der Waals surface area contributed by atoms with Crippen molar-refractivity contribution in [3.63, 3.8) is 0 Å². The van der Waals surface area contributed by atoms with Crippen LogP contribution in [0, 0.1) is 0 Å². The van der Waals surface area contributed by atoms with Crippen LogP contribution < -0.4 is 4.74 Å². The van der Waals surface area contributed by atoms with E-state index < -0.39 is 11.6 Å². The minimum Gasteiger partial charge on any atom is -0.478 e. The van der Waals surface area contributed by atoms with Gasteiger partial charge in [0.25, 0.3) is 0 Å². The molecule has 1 N–H and O–H groups in total. The number of likely N-dealkylation sites (tertiary alicyclic amines) is 1. The summed E-state index contributed by atoms with van der Waals surface area (Å²) in [5.41, 5.74) is -1.06. The highest BCUT2D eigenvalue weighted by molar-refractivity contribution is 5.78. The molecular weight excluding hydrogens is 218 g/mol. The normalized spacial score (nSPS) is 19.8. The monoisotopic (exact) mass is 235 g/mol. The standard InChI is InChI=1S/C13H17NO3/c1-14-9-7-13(8-10-14,12(15)16)17-11-5-3-2-4-6-11/h2-6H,7-10H2,1H3,(H,15,16). The van der Waals surface area contributed by atoms with Gasteiger partial charge < -0.3 is 14.7 Å². The number of carboxylic acid groups (broad SMARTS) is 1. The number of hydrogen-bond donors (Lipinski definition) is 1. The molecule has 0 aromatic heterocycles. The quantitative estimate of drug-likeness (QED) is 0.864. The van der Waals surface area contributed by atoms with E-state index in [1.54, 1.807) is 12.1 Å². The van der Waals surface area contributed by atoms with Crippen LogP contribution in [0.4, 0.5) is 0 Å². The van der Waals surface area contributed by atoms with Gasteiger partial charge in [-0.15, -0.1) is 0 Å². The Bertz CT molecular complexity index is 383. The number of nitrogens with zero attached hydrogens (tertiary/aromatic N) is 1. The average molecular weight is 235 g/mol. The summed E-state index contributed by atoms with van der Waals surface area (Å²) in [5.74, 6) is -0.242. The number of aliphatic carboxylic acids is 1. The van der Waals surface area contributed by atoms with Crippen molar-refractivity contribution in [2.75, 3.05) is 20.1 Å². The van der Waals surface area contributed by atoms with Crippen molar-refractivity contribution in [1.29, 1.82) is 0 Å². The lowest BCUT2D eigenvalue weighted by molar-refractivity contribution is -0.159. The third-order valence-corrected chi connectivity index (χ3v) is 3.24. The van der Waals surface area contributed by atoms with Crippen LogP contribution >= 0.6 is 0 Å². The first-order valence-corrected chi connectivity index (χ1v) is 5.78. The van der Waals surface area contributed by atoms with Crippen LogP contribution in [0.15, 0.2) is 30.3 Å². The Morgan fingerprint density at radius 1 is 1.29 bits per heavy atom. The maximum atomic E-state index is 11.4. The van der Waals surface area contributed by atoms with Crippen LogP contribution in [0.5, 0.6) is 5.75 Å². The first-order chi connectivity index (χ1) is 8.12. The van der Waals surface area contributed by atoms with Crippen LogP contribution in [-0.2, 0) is 4.79 Å². The Kier molecular flexibility index (Phi) is 3.33. The molecule has 1 saturated heterocycles. The zero-order chi connectivity index (χ0) is 12.3. The lowest BCUT2D eigenvalue weighted by Crippen LogP contribution is -2.52. The molecule has 0 spiro atoms. The SMILES string of the molecule is CN1CCC(Oc2ccccc2)(C(=O)O)CC1. The number of hydrogen-bond acceptors (Lipinski definition) is 3. The molecule has 1 aromatic carbocycles. The Balaban J connectivity index is 2.15. The summed E-state index contributed by atoms with van der Waals surface area (Å²) in [4.78, 5) is 13.6. The molecule has 0 amide bonds. The Morgan fingerprint density at radius 3 is 2.41 bits per heavy atom. The lowest BCUT2D eigenvalue weighted by Gasteiger charge is -2.37.